The second kappa shape index (κ2) is 8.35. The molecule has 0 aliphatic carbocycles. The molecule has 1 saturated heterocycles. The number of hydrogen-bond donors (Lipinski definition) is 0. The van der Waals surface area contributed by atoms with Crippen molar-refractivity contribution in [2.45, 2.75) is 39.7 Å². The van der Waals surface area contributed by atoms with E-state index >= 15 is 0 Å². The van der Waals surface area contributed by atoms with Crippen LogP contribution in [0.4, 0.5) is 5.69 Å². The summed E-state index contributed by atoms with van der Waals surface area (Å²) in [5.74, 6) is 0.0560. The van der Waals surface area contributed by atoms with Gasteiger partial charge in [-0.2, -0.15) is 0 Å². The lowest BCUT2D eigenvalue weighted by Gasteiger charge is -2.27. The van der Waals surface area contributed by atoms with E-state index in [0.717, 1.165) is 42.6 Å². The molecule has 0 N–H and O–H groups in total. The number of hydrogen-bond acceptors (Lipinski definition) is 3. The fourth-order valence-electron chi connectivity index (χ4n) is 3.69. The summed E-state index contributed by atoms with van der Waals surface area (Å²) in [5, 5.41) is 0. The van der Waals surface area contributed by atoms with Gasteiger partial charge in [-0.25, -0.2) is 8.42 Å². The zero-order valence-electron chi connectivity index (χ0n) is 16.8. The van der Waals surface area contributed by atoms with E-state index in [9.17, 15) is 13.2 Å². The number of likely N-dealkylation sites (tertiary alicyclic amines) is 1. The van der Waals surface area contributed by atoms with Crippen molar-refractivity contribution in [2.75, 3.05) is 23.7 Å². The molecule has 1 aliphatic rings. The van der Waals surface area contributed by atoms with E-state index in [1.54, 1.807) is 12.1 Å². The Morgan fingerprint density at radius 3 is 2.07 bits per heavy atom. The molecular formula is C22H28N2O3S. The summed E-state index contributed by atoms with van der Waals surface area (Å²) >= 11 is 0. The molecule has 1 aliphatic heterocycles. The fourth-order valence-corrected chi connectivity index (χ4v) is 4.56. The predicted octanol–water partition coefficient (Wildman–Crippen LogP) is 3.90. The van der Waals surface area contributed by atoms with Crippen LogP contribution in [-0.4, -0.2) is 38.6 Å². The minimum Gasteiger partial charge on any atom is -0.339 e. The number of rotatable bonds is 5. The van der Waals surface area contributed by atoms with Gasteiger partial charge in [-0.05, 0) is 74.1 Å². The van der Waals surface area contributed by atoms with Gasteiger partial charge in [0.25, 0.3) is 5.91 Å². The average molecular weight is 401 g/mol. The van der Waals surface area contributed by atoms with Crippen molar-refractivity contribution < 1.29 is 13.2 Å². The van der Waals surface area contributed by atoms with Gasteiger partial charge in [0.15, 0.2) is 0 Å². The predicted molar refractivity (Wildman–Crippen MR) is 113 cm³/mol. The van der Waals surface area contributed by atoms with Crippen molar-refractivity contribution >= 4 is 21.6 Å². The third-order valence-corrected chi connectivity index (χ3v) is 6.21. The van der Waals surface area contributed by atoms with Crippen LogP contribution < -0.4 is 4.31 Å². The molecule has 28 heavy (non-hydrogen) atoms. The third kappa shape index (κ3) is 4.93. The molecular weight excluding hydrogens is 372 g/mol. The number of amides is 1. The Bertz CT molecular complexity index is 926. The average Bonchev–Trinajstić information content (AvgIpc) is 2.65. The molecule has 6 heteroatoms. The highest BCUT2D eigenvalue weighted by Crippen LogP contribution is 2.24. The minimum absolute atomic E-state index is 0.0560. The molecule has 5 nitrogen and oxygen atoms in total. The topological polar surface area (TPSA) is 57.7 Å². The summed E-state index contributed by atoms with van der Waals surface area (Å²) in [5.41, 5.74) is 4.20. The van der Waals surface area contributed by atoms with Crippen molar-refractivity contribution in [2.24, 2.45) is 0 Å². The SMILES string of the molecule is Cc1cc(C)cc(N(Cc2ccc(C(=O)N3CCCCC3)cc2)S(C)(=O)=O)c1. The van der Waals surface area contributed by atoms with Crippen molar-refractivity contribution in [1.82, 2.24) is 4.90 Å². The molecule has 0 spiro atoms. The first-order chi connectivity index (χ1) is 13.2. The maximum absolute atomic E-state index is 12.6. The van der Waals surface area contributed by atoms with Crippen molar-refractivity contribution in [1.29, 1.82) is 0 Å². The van der Waals surface area contributed by atoms with E-state index in [2.05, 4.69) is 0 Å². The van der Waals surface area contributed by atoms with Crippen LogP contribution >= 0.6 is 0 Å². The molecule has 0 bridgehead atoms. The molecule has 0 aromatic heterocycles. The Morgan fingerprint density at radius 1 is 0.964 bits per heavy atom. The highest BCUT2D eigenvalue weighted by atomic mass is 32.2. The van der Waals surface area contributed by atoms with Gasteiger partial charge in [0.05, 0.1) is 18.5 Å². The number of sulfonamides is 1. The molecule has 1 amide bonds. The maximum Gasteiger partial charge on any atom is 0.253 e. The maximum atomic E-state index is 12.6. The lowest BCUT2D eigenvalue weighted by atomic mass is 10.1. The molecule has 2 aromatic carbocycles. The monoisotopic (exact) mass is 400 g/mol. The van der Waals surface area contributed by atoms with Crippen LogP contribution in [0.25, 0.3) is 0 Å². The fraction of sp³-hybridized carbons (Fsp3) is 0.409. The molecule has 0 atom stereocenters. The smallest absolute Gasteiger partial charge is 0.253 e. The molecule has 2 aromatic rings. The second-order valence-corrected chi connectivity index (χ2v) is 9.57. The number of carbonyl (C=O) groups is 1. The van der Waals surface area contributed by atoms with E-state index in [1.165, 1.54) is 17.0 Å². The molecule has 1 heterocycles. The molecule has 150 valence electrons. The lowest BCUT2D eigenvalue weighted by molar-refractivity contribution is 0.0724. The molecule has 0 saturated carbocycles. The largest absolute Gasteiger partial charge is 0.339 e. The van der Waals surface area contributed by atoms with Crippen LogP contribution in [-0.2, 0) is 16.6 Å². The van der Waals surface area contributed by atoms with E-state index in [0.29, 0.717) is 11.3 Å². The number of benzene rings is 2. The van der Waals surface area contributed by atoms with E-state index in [-0.39, 0.29) is 12.5 Å². The zero-order chi connectivity index (χ0) is 20.3. The first-order valence-corrected chi connectivity index (χ1v) is 11.5. The van der Waals surface area contributed by atoms with Gasteiger partial charge in [-0.15, -0.1) is 0 Å². The van der Waals surface area contributed by atoms with Gasteiger partial charge in [-0.3, -0.25) is 9.10 Å². The number of anilines is 1. The molecule has 0 radical (unpaired) electrons. The first-order valence-electron chi connectivity index (χ1n) is 9.68. The van der Waals surface area contributed by atoms with Gasteiger partial charge >= 0.3 is 0 Å². The van der Waals surface area contributed by atoms with Crippen LogP contribution in [0, 0.1) is 13.8 Å². The van der Waals surface area contributed by atoms with Gasteiger partial charge < -0.3 is 4.90 Å². The Balaban J connectivity index is 1.81. The Kier molecular flexibility index (Phi) is 6.08. The van der Waals surface area contributed by atoms with Crippen LogP contribution in [0.2, 0.25) is 0 Å². The quantitative estimate of drug-likeness (QED) is 0.765. The highest BCUT2D eigenvalue weighted by molar-refractivity contribution is 7.92. The molecule has 0 unspecified atom stereocenters. The lowest BCUT2D eigenvalue weighted by Crippen LogP contribution is -2.35. The summed E-state index contributed by atoms with van der Waals surface area (Å²) < 4.78 is 26.2. The normalized spacial score (nSPS) is 14.8. The van der Waals surface area contributed by atoms with Gasteiger partial charge in [0.2, 0.25) is 10.0 Å². The van der Waals surface area contributed by atoms with Crippen molar-refractivity contribution in [3.05, 3.63) is 64.7 Å². The Labute approximate surface area is 168 Å². The molecule has 3 rings (SSSR count). The zero-order valence-corrected chi connectivity index (χ0v) is 17.6. The first kappa shape index (κ1) is 20.4. The number of aryl methyl sites for hydroxylation is 2. The van der Waals surface area contributed by atoms with Crippen LogP contribution in [0.15, 0.2) is 42.5 Å². The Hall–Kier alpha value is -2.34. The minimum atomic E-state index is -3.44. The summed E-state index contributed by atoms with van der Waals surface area (Å²) in [6, 6.07) is 13.1. The summed E-state index contributed by atoms with van der Waals surface area (Å²) in [7, 11) is -3.44. The molecule has 1 fully saturated rings. The third-order valence-electron chi connectivity index (χ3n) is 5.07. The number of piperidine rings is 1. The van der Waals surface area contributed by atoms with Gasteiger partial charge in [0.1, 0.15) is 0 Å². The van der Waals surface area contributed by atoms with Crippen LogP contribution in [0.1, 0.15) is 46.3 Å². The van der Waals surface area contributed by atoms with Crippen molar-refractivity contribution in [3.63, 3.8) is 0 Å². The van der Waals surface area contributed by atoms with E-state index in [1.807, 2.05) is 49.1 Å². The van der Waals surface area contributed by atoms with Crippen LogP contribution in [0.3, 0.4) is 0 Å². The van der Waals surface area contributed by atoms with Gasteiger partial charge in [0, 0.05) is 18.7 Å². The number of carbonyl (C=O) groups excluding carboxylic acids is 1. The summed E-state index contributed by atoms with van der Waals surface area (Å²) in [6.07, 6.45) is 4.52. The highest BCUT2D eigenvalue weighted by Gasteiger charge is 2.20. The van der Waals surface area contributed by atoms with Crippen LogP contribution in [0.5, 0.6) is 0 Å². The van der Waals surface area contributed by atoms with E-state index in [4.69, 9.17) is 0 Å². The summed E-state index contributed by atoms with van der Waals surface area (Å²) in [6.45, 7) is 5.78. The summed E-state index contributed by atoms with van der Waals surface area (Å²) in [4.78, 5) is 14.5. The standard InChI is InChI=1S/C22H28N2O3S/c1-17-13-18(2)15-21(14-17)24(28(3,26)27)16-19-7-9-20(10-8-19)22(25)23-11-5-4-6-12-23/h7-10,13-15H,4-6,11-12,16H2,1-3H3. The van der Waals surface area contributed by atoms with Gasteiger partial charge in [-0.1, -0.05) is 18.2 Å². The van der Waals surface area contributed by atoms with E-state index < -0.39 is 10.0 Å². The van der Waals surface area contributed by atoms with Crippen molar-refractivity contribution in [3.8, 4) is 0 Å². The second-order valence-electron chi connectivity index (χ2n) is 7.67. The Morgan fingerprint density at radius 2 is 1.54 bits per heavy atom. The number of nitrogens with zero attached hydrogens (tertiary/aromatic N) is 2.